The topological polar surface area (TPSA) is 80.8 Å². The van der Waals surface area contributed by atoms with Crippen molar-refractivity contribution in [1.82, 2.24) is 4.90 Å². The fourth-order valence-electron chi connectivity index (χ4n) is 5.29. The Morgan fingerprint density at radius 1 is 0.875 bits per heavy atom. The maximum absolute atomic E-state index is 13.3. The molecule has 2 aromatic rings. The predicted octanol–water partition coefficient (Wildman–Crippen LogP) is 2.83. The minimum Gasteiger partial charge on any atom is -0.456 e. The molecule has 32 heavy (non-hydrogen) atoms. The van der Waals surface area contributed by atoms with Crippen LogP contribution in [0, 0.1) is 23.7 Å². The lowest BCUT2D eigenvalue weighted by atomic mass is 9.85. The lowest BCUT2D eigenvalue weighted by Crippen LogP contribution is -2.48. The predicted molar refractivity (Wildman–Crippen MR) is 115 cm³/mol. The van der Waals surface area contributed by atoms with Gasteiger partial charge in [0.25, 0.3) is 0 Å². The molecule has 0 N–H and O–H groups in total. The van der Waals surface area contributed by atoms with Crippen molar-refractivity contribution in [2.75, 3.05) is 6.61 Å². The molecule has 0 unspecified atom stereocenters. The minimum atomic E-state index is -1.09. The lowest BCUT2D eigenvalue weighted by Gasteiger charge is -2.26. The van der Waals surface area contributed by atoms with Gasteiger partial charge in [0, 0.05) is 12.0 Å². The van der Waals surface area contributed by atoms with Crippen LogP contribution in [-0.4, -0.2) is 41.1 Å². The Morgan fingerprint density at radius 3 is 2.03 bits per heavy atom. The fourth-order valence-corrected chi connectivity index (χ4v) is 5.29. The number of carbonyl (C=O) groups excluding carboxylic acids is 4. The van der Waals surface area contributed by atoms with E-state index >= 15 is 0 Å². The standard InChI is InChI=1S/C26H23NO5/c28-21(17-9-5-2-6-10-17)15-32-26(31)20(13-16-7-3-1-4-8-16)27-24(29)22-18-11-12-19(14-18)23(22)25(27)30/h1-12,18-20,22-23H,13-15H2/t18-,19-,20+,22-,23-/m0/s1. The Balaban J connectivity index is 1.37. The molecule has 2 bridgehead atoms. The van der Waals surface area contributed by atoms with Crippen molar-refractivity contribution in [1.29, 1.82) is 0 Å². The normalized spacial score (nSPS) is 26.3. The number of carbonyl (C=O) groups is 4. The van der Waals surface area contributed by atoms with Crippen LogP contribution in [0.3, 0.4) is 0 Å². The number of esters is 1. The Morgan fingerprint density at radius 2 is 1.44 bits per heavy atom. The van der Waals surface area contributed by atoms with Crippen LogP contribution in [0.2, 0.25) is 0 Å². The highest BCUT2D eigenvalue weighted by molar-refractivity contribution is 6.09. The van der Waals surface area contributed by atoms with Crippen molar-refractivity contribution >= 4 is 23.6 Å². The highest BCUT2D eigenvalue weighted by Gasteiger charge is 2.61. The van der Waals surface area contributed by atoms with Gasteiger partial charge >= 0.3 is 5.97 Å². The van der Waals surface area contributed by atoms with Crippen LogP contribution in [0.4, 0.5) is 0 Å². The maximum Gasteiger partial charge on any atom is 0.330 e. The van der Waals surface area contributed by atoms with Crippen LogP contribution >= 0.6 is 0 Å². The van der Waals surface area contributed by atoms with Crippen molar-refractivity contribution in [3.8, 4) is 0 Å². The summed E-state index contributed by atoms with van der Waals surface area (Å²) in [5.41, 5.74) is 1.24. The van der Waals surface area contributed by atoms with Gasteiger partial charge < -0.3 is 4.74 Å². The number of amides is 2. The molecule has 0 radical (unpaired) electrons. The summed E-state index contributed by atoms with van der Waals surface area (Å²) in [7, 11) is 0. The summed E-state index contributed by atoms with van der Waals surface area (Å²) < 4.78 is 5.34. The summed E-state index contributed by atoms with van der Waals surface area (Å²) >= 11 is 0. The summed E-state index contributed by atoms with van der Waals surface area (Å²) in [5, 5.41) is 0. The summed E-state index contributed by atoms with van der Waals surface area (Å²) in [6.45, 7) is -0.440. The number of nitrogens with zero attached hydrogens (tertiary/aromatic N) is 1. The number of rotatable bonds is 7. The second kappa shape index (κ2) is 8.19. The molecule has 2 fully saturated rings. The van der Waals surface area contributed by atoms with Crippen LogP contribution in [-0.2, 0) is 25.5 Å². The fraction of sp³-hybridized carbons (Fsp3) is 0.308. The van der Waals surface area contributed by atoms with E-state index in [1.54, 1.807) is 30.3 Å². The van der Waals surface area contributed by atoms with Gasteiger partial charge in [-0.15, -0.1) is 0 Å². The second-order valence-electron chi connectivity index (χ2n) is 8.65. The molecule has 5 rings (SSSR count). The van der Waals surface area contributed by atoms with Crippen LogP contribution in [0.15, 0.2) is 72.8 Å². The van der Waals surface area contributed by atoms with E-state index in [4.69, 9.17) is 4.74 Å². The number of Topliss-reactive ketones (excluding diaryl/α,β-unsaturated/α-hetero) is 1. The van der Waals surface area contributed by atoms with E-state index in [1.165, 1.54) is 0 Å². The number of allylic oxidation sites excluding steroid dienone is 2. The largest absolute Gasteiger partial charge is 0.456 e. The molecule has 1 saturated carbocycles. The molecule has 6 nitrogen and oxygen atoms in total. The van der Waals surface area contributed by atoms with E-state index in [1.807, 2.05) is 42.5 Å². The molecule has 5 atom stereocenters. The maximum atomic E-state index is 13.3. The molecule has 2 aliphatic carbocycles. The number of hydrogen-bond donors (Lipinski definition) is 0. The highest BCUT2D eigenvalue weighted by Crippen LogP contribution is 2.53. The molecule has 1 saturated heterocycles. The van der Waals surface area contributed by atoms with Gasteiger partial charge in [-0.3, -0.25) is 19.3 Å². The van der Waals surface area contributed by atoms with Crippen molar-refractivity contribution < 1.29 is 23.9 Å². The second-order valence-corrected chi connectivity index (χ2v) is 8.65. The van der Waals surface area contributed by atoms with E-state index < -0.39 is 30.5 Å². The first-order chi connectivity index (χ1) is 15.5. The molecule has 0 spiro atoms. The van der Waals surface area contributed by atoms with E-state index in [-0.39, 0.29) is 35.9 Å². The van der Waals surface area contributed by atoms with E-state index in [0.29, 0.717) is 5.56 Å². The van der Waals surface area contributed by atoms with Crippen molar-refractivity contribution in [2.45, 2.75) is 18.9 Å². The summed E-state index contributed by atoms with van der Waals surface area (Å²) in [6, 6.07) is 16.7. The molecule has 1 heterocycles. The Kier molecular flexibility index (Phi) is 5.21. The van der Waals surface area contributed by atoms with Crippen LogP contribution in [0.5, 0.6) is 0 Å². The lowest BCUT2D eigenvalue weighted by molar-refractivity contribution is -0.158. The zero-order chi connectivity index (χ0) is 22.2. The van der Waals surface area contributed by atoms with Crippen LogP contribution in [0.25, 0.3) is 0 Å². The van der Waals surface area contributed by atoms with Crippen molar-refractivity contribution in [3.63, 3.8) is 0 Å². The first kappa shape index (κ1) is 20.4. The molecule has 3 aliphatic rings. The molecule has 162 valence electrons. The van der Waals surface area contributed by atoms with Gasteiger partial charge in [-0.25, -0.2) is 4.79 Å². The number of ketones is 1. The first-order valence-electron chi connectivity index (χ1n) is 10.9. The third-order valence-corrected chi connectivity index (χ3v) is 6.80. The Bertz CT molecular complexity index is 1060. The molecule has 1 aliphatic heterocycles. The van der Waals surface area contributed by atoms with Gasteiger partial charge in [0.1, 0.15) is 6.04 Å². The van der Waals surface area contributed by atoms with Gasteiger partial charge in [-0.2, -0.15) is 0 Å². The summed E-state index contributed by atoms with van der Waals surface area (Å²) in [6.07, 6.45) is 5.01. The third kappa shape index (κ3) is 3.45. The summed E-state index contributed by atoms with van der Waals surface area (Å²) in [4.78, 5) is 53.2. The van der Waals surface area contributed by atoms with E-state index in [9.17, 15) is 19.2 Å². The van der Waals surface area contributed by atoms with Gasteiger partial charge in [-0.05, 0) is 23.8 Å². The van der Waals surface area contributed by atoms with E-state index in [2.05, 4.69) is 0 Å². The number of hydrogen-bond acceptors (Lipinski definition) is 5. The third-order valence-electron chi connectivity index (χ3n) is 6.80. The average molecular weight is 429 g/mol. The monoisotopic (exact) mass is 429 g/mol. The molecule has 6 heteroatoms. The number of ether oxygens (including phenoxy) is 1. The number of imide groups is 1. The van der Waals surface area contributed by atoms with Crippen molar-refractivity contribution in [3.05, 3.63) is 83.9 Å². The van der Waals surface area contributed by atoms with Crippen LogP contribution < -0.4 is 0 Å². The molecule has 2 amide bonds. The zero-order valence-electron chi connectivity index (χ0n) is 17.4. The van der Waals surface area contributed by atoms with E-state index in [0.717, 1.165) is 16.9 Å². The quantitative estimate of drug-likeness (QED) is 0.293. The minimum absolute atomic E-state index is 0.0551. The number of likely N-dealkylation sites (tertiary alicyclic amines) is 1. The molecular weight excluding hydrogens is 406 g/mol. The molecular formula is C26H23NO5. The van der Waals surface area contributed by atoms with Crippen LogP contribution in [0.1, 0.15) is 22.3 Å². The average Bonchev–Trinajstić information content (AvgIpc) is 3.51. The van der Waals surface area contributed by atoms with Crippen molar-refractivity contribution in [2.24, 2.45) is 23.7 Å². The number of benzene rings is 2. The Hall–Kier alpha value is -3.54. The Labute approximate surface area is 185 Å². The van der Waals surface area contributed by atoms with Gasteiger partial charge in [0.05, 0.1) is 11.8 Å². The summed E-state index contributed by atoms with van der Waals surface area (Å²) in [5.74, 6) is -2.35. The number of fused-ring (bicyclic) bond motifs is 5. The van der Waals surface area contributed by atoms with Gasteiger partial charge in [0.15, 0.2) is 12.4 Å². The SMILES string of the molecule is O=C(COC(=O)[C@@H](Cc1ccccc1)N1C(=O)[C@@H]2[C@@H](C1=O)[C@H]1C=C[C@H]2C1)c1ccccc1. The zero-order valence-corrected chi connectivity index (χ0v) is 17.4. The molecule has 0 aromatic heterocycles. The smallest absolute Gasteiger partial charge is 0.330 e. The first-order valence-corrected chi connectivity index (χ1v) is 10.9. The van der Waals surface area contributed by atoms with Gasteiger partial charge in [0.2, 0.25) is 11.8 Å². The van der Waals surface area contributed by atoms with Gasteiger partial charge in [-0.1, -0.05) is 72.8 Å². The molecule has 2 aromatic carbocycles. The highest BCUT2D eigenvalue weighted by atomic mass is 16.5.